The van der Waals surface area contributed by atoms with Crippen LogP contribution in [0.15, 0.2) is 18.6 Å². The second-order valence-corrected chi connectivity index (χ2v) is 5.94. The minimum atomic E-state index is -0.996. The average molecular weight is 318 g/mol. The van der Waals surface area contributed by atoms with E-state index in [0.717, 1.165) is 0 Å². The lowest BCUT2D eigenvalue weighted by Gasteiger charge is -2.35. The number of piperazine rings is 1. The Bertz CT molecular complexity index is 594. The number of carbonyl (C=O) groups is 3. The fourth-order valence-electron chi connectivity index (χ4n) is 2.17. The summed E-state index contributed by atoms with van der Waals surface area (Å²) in [6, 6.07) is 0. The molecule has 2 N–H and O–H groups in total. The van der Waals surface area contributed by atoms with Gasteiger partial charge in [0.2, 0.25) is 11.8 Å². The van der Waals surface area contributed by atoms with E-state index in [1.54, 1.807) is 23.6 Å². The molecule has 8 nitrogen and oxygen atoms in total. The van der Waals surface area contributed by atoms with Gasteiger partial charge in [0, 0.05) is 38.6 Å². The van der Waals surface area contributed by atoms with Gasteiger partial charge in [-0.25, -0.2) is 4.98 Å². The second-order valence-electron chi connectivity index (χ2n) is 5.94. The van der Waals surface area contributed by atoms with Crippen molar-refractivity contribution in [1.29, 1.82) is 0 Å². The molecule has 0 atom stereocenters. The molecule has 3 amide bonds. The molecular formula is C15H20N5O3. The maximum atomic E-state index is 12.2. The highest BCUT2D eigenvalue weighted by Crippen LogP contribution is 2.20. The van der Waals surface area contributed by atoms with E-state index in [0.29, 0.717) is 26.2 Å². The minimum Gasteiger partial charge on any atom is -0.369 e. The Morgan fingerprint density at radius 3 is 2.26 bits per heavy atom. The van der Waals surface area contributed by atoms with Gasteiger partial charge in [-0.1, -0.05) is 13.8 Å². The lowest BCUT2D eigenvalue weighted by atomic mass is 9.88. The van der Waals surface area contributed by atoms with Crippen molar-refractivity contribution >= 4 is 17.7 Å². The van der Waals surface area contributed by atoms with Gasteiger partial charge in [-0.2, -0.15) is 0 Å². The maximum absolute atomic E-state index is 12.2. The molecule has 2 rings (SSSR count). The number of nitrogens with zero attached hydrogens (tertiary/aromatic N) is 4. The van der Waals surface area contributed by atoms with Crippen molar-refractivity contribution in [1.82, 2.24) is 19.8 Å². The van der Waals surface area contributed by atoms with Crippen LogP contribution >= 0.6 is 0 Å². The Morgan fingerprint density at radius 1 is 1.13 bits per heavy atom. The van der Waals surface area contributed by atoms with Crippen molar-refractivity contribution in [3.8, 4) is 0 Å². The Kier molecular flexibility index (Phi) is 4.92. The number of carbonyl (C=O) groups excluding carboxylic acids is 3. The highest BCUT2D eigenvalue weighted by Gasteiger charge is 2.32. The van der Waals surface area contributed by atoms with Gasteiger partial charge in [-0.15, -0.1) is 0 Å². The predicted octanol–water partition coefficient (Wildman–Crippen LogP) is -0.523. The number of hydrogen-bond donors (Lipinski definition) is 1. The van der Waals surface area contributed by atoms with E-state index in [2.05, 4.69) is 9.97 Å². The van der Waals surface area contributed by atoms with Gasteiger partial charge in [0.1, 0.15) is 5.69 Å². The summed E-state index contributed by atoms with van der Waals surface area (Å²) in [4.78, 5) is 46.8. The minimum absolute atomic E-state index is 0.202. The van der Waals surface area contributed by atoms with Gasteiger partial charge in [0.25, 0.3) is 5.91 Å². The fraction of sp³-hybridized carbons (Fsp3) is 0.467. The molecule has 0 bridgehead atoms. The van der Waals surface area contributed by atoms with E-state index in [1.807, 2.05) is 0 Å². The van der Waals surface area contributed by atoms with E-state index in [9.17, 15) is 14.4 Å². The van der Waals surface area contributed by atoms with Crippen LogP contribution in [0, 0.1) is 11.8 Å². The molecule has 0 unspecified atom stereocenters. The molecule has 1 saturated heterocycles. The first-order chi connectivity index (χ1) is 10.8. The number of rotatable bonds is 4. The molecule has 1 aromatic rings. The van der Waals surface area contributed by atoms with E-state index in [-0.39, 0.29) is 17.5 Å². The molecule has 0 aliphatic carbocycles. The number of hydrogen-bond acceptors (Lipinski definition) is 5. The molecule has 2 heterocycles. The number of primary amides is 1. The van der Waals surface area contributed by atoms with Crippen molar-refractivity contribution in [2.75, 3.05) is 26.2 Å². The normalized spacial score (nSPS) is 15.4. The van der Waals surface area contributed by atoms with Gasteiger partial charge in [0.15, 0.2) is 0 Å². The first-order valence-electron chi connectivity index (χ1n) is 7.31. The molecule has 1 aliphatic rings. The summed E-state index contributed by atoms with van der Waals surface area (Å²) in [5.41, 5.74) is 4.56. The molecule has 1 fully saturated rings. The van der Waals surface area contributed by atoms with Crippen LogP contribution in [0.3, 0.4) is 0 Å². The topological polar surface area (TPSA) is 109 Å². The highest BCUT2D eigenvalue weighted by molar-refractivity contribution is 5.95. The summed E-state index contributed by atoms with van der Waals surface area (Å²) >= 11 is 0. The van der Waals surface area contributed by atoms with Crippen LogP contribution in [-0.4, -0.2) is 63.7 Å². The van der Waals surface area contributed by atoms with Crippen LogP contribution in [0.4, 0.5) is 0 Å². The molecule has 1 aromatic heterocycles. The van der Waals surface area contributed by atoms with Crippen LogP contribution in [0.5, 0.6) is 0 Å². The van der Waals surface area contributed by atoms with Crippen LogP contribution in [0.2, 0.25) is 0 Å². The first-order valence-corrected chi connectivity index (χ1v) is 7.31. The van der Waals surface area contributed by atoms with Crippen LogP contribution in [0.1, 0.15) is 24.3 Å². The largest absolute Gasteiger partial charge is 0.369 e. The lowest BCUT2D eigenvalue weighted by Crippen LogP contribution is -2.52. The van der Waals surface area contributed by atoms with Crippen LogP contribution < -0.4 is 5.73 Å². The van der Waals surface area contributed by atoms with Crippen molar-refractivity contribution in [3.63, 3.8) is 0 Å². The molecule has 1 aliphatic heterocycles. The van der Waals surface area contributed by atoms with Crippen LogP contribution in [0.25, 0.3) is 0 Å². The Labute approximate surface area is 134 Å². The van der Waals surface area contributed by atoms with Crippen molar-refractivity contribution in [2.45, 2.75) is 13.8 Å². The second kappa shape index (κ2) is 6.72. The third-order valence-corrected chi connectivity index (χ3v) is 3.78. The summed E-state index contributed by atoms with van der Waals surface area (Å²) < 4.78 is 0. The molecule has 0 saturated carbocycles. The molecule has 123 valence electrons. The quantitative estimate of drug-likeness (QED) is 0.803. The molecule has 23 heavy (non-hydrogen) atoms. The zero-order valence-corrected chi connectivity index (χ0v) is 13.2. The third-order valence-electron chi connectivity index (χ3n) is 3.78. The zero-order valence-electron chi connectivity index (χ0n) is 13.2. The molecule has 8 heteroatoms. The Balaban J connectivity index is 1.90. The van der Waals surface area contributed by atoms with Gasteiger partial charge in [-0.3, -0.25) is 19.4 Å². The van der Waals surface area contributed by atoms with Crippen LogP contribution in [-0.2, 0) is 9.59 Å². The van der Waals surface area contributed by atoms with E-state index < -0.39 is 11.3 Å². The summed E-state index contributed by atoms with van der Waals surface area (Å²) in [5, 5.41) is 0. The van der Waals surface area contributed by atoms with Gasteiger partial charge < -0.3 is 15.5 Å². The smallest absolute Gasteiger partial charge is 0.274 e. The van der Waals surface area contributed by atoms with Gasteiger partial charge in [0.05, 0.1) is 18.0 Å². The van der Waals surface area contributed by atoms with E-state index in [4.69, 9.17) is 5.73 Å². The highest BCUT2D eigenvalue weighted by atomic mass is 16.2. The Morgan fingerprint density at radius 2 is 1.74 bits per heavy atom. The summed E-state index contributed by atoms with van der Waals surface area (Å²) in [5.74, 6) is -1.01. The zero-order chi connectivity index (χ0) is 17.0. The average Bonchev–Trinajstić information content (AvgIpc) is 2.54. The van der Waals surface area contributed by atoms with Crippen molar-refractivity contribution in [2.24, 2.45) is 11.1 Å². The van der Waals surface area contributed by atoms with E-state index in [1.165, 1.54) is 25.0 Å². The standard InChI is InChI=1S/C15H20N5O3/c1-15(2,14(16)23)9-12(21)19-5-7-20(8-6-19)13(22)11-10-17-3-4-18-11/h3-4,9-10H,5-8H2,1-2H3,(H2,16,23). The monoisotopic (exact) mass is 318 g/mol. The maximum Gasteiger partial charge on any atom is 0.274 e. The molecule has 0 aromatic carbocycles. The molecule has 0 spiro atoms. The predicted molar refractivity (Wildman–Crippen MR) is 81.8 cm³/mol. The number of amides is 3. The summed E-state index contributed by atoms with van der Waals surface area (Å²) in [6.45, 7) is 4.81. The van der Waals surface area contributed by atoms with E-state index >= 15 is 0 Å². The lowest BCUT2D eigenvalue weighted by molar-refractivity contribution is -0.134. The van der Waals surface area contributed by atoms with Crippen molar-refractivity contribution in [3.05, 3.63) is 30.7 Å². The Hall–Kier alpha value is -2.51. The van der Waals surface area contributed by atoms with Gasteiger partial charge >= 0.3 is 0 Å². The number of nitrogens with two attached hydrogens (primary N) is 1. The van der Waals surface area contributed by atoms with Crippen molar-refractivity contribution < 1.29 is 14.4 Å². The molecule has 1 radical (unpaired) electrons. The fourth-order valence-corrected chi connectivity index (χ4v) is 2.17. The number of aromatic nitrogens is 2. The van der Waals surface area contributed by atoms with Gasteiger partial charge in [-0.05, 0) is 0 Å². The molecular weight excluding hydrogens is 298 g/mol. The summed E-state index contributed by atoms with van der Waals surface area (Å²) in [6.07, 6.45) is 5.72. The SMILES string of the molecule is CC(C)([CH]C(=O)N1CCN(C(=O)c2cnccn2)CC1)C(N)=O. The first kappa shape index (κ1) is 16.9. The summed E-state index contributed by atoms with van der Waals surface area (Å²) in [7, 11) is 0. The third kappa shape index (κ3) is 4.02.